The molecule has 2 saturated heterocycles. The zero-order valence-electron chi connectivity index (χ0n) is 30.1. The van der Waals surface area contributed by atoms with Gasteiger partial charge in [0.05, 0.1) is 27.7 Å². The van der Waals surface area contributed by atoms with Crippen LogP contribution in [0.15, 0.2) is 41.4 Å². The molecule has 0 atom stereocenters. The van der Waals surface area contributed by atoms with Crippen LogP contribution in [-0.4, -0.2) is 74.9 Å². The van der Waals surface area contributed by atoms with Crippen molar-refractivity contribution < 1.29 is 22.7 Å². The van der Waals surface area contributed by atoms with E-state index in [1.54, 1.807) is 41.4 Å². The third-order valence-corrected chi connectivity index (χ3v) is 13.6. The lowest BCUT2D eigenvalue weighted by Crippen LogP contribution is -2.64. The van der Waals surface area contributed by atoms with Gasteiger partial charge in [-0.1, -0.05) is 29.3 Å². The van der Waals surface area contributed by atoms with Gasteiger partial charge in [-0.05, 0) is 97.4 Å². The monoisotopic (exact) mass is 732 g/mol. The van der Waals surface area contributed by atoms with Crippen molar-refractivity contribution in [1.82, 2.24) is 23.9 Å². The molecule has 2 saturated carbocycles. The maximum atomic E-state index is 14.0. The highest BCUT2D eigenvalue weighted by Crippen LogP contribution is 2.57. The number of Topliss-reactive ketones (excluding diaryl/α,β-unsaturated/α-hetero) is 1. The van der Waals surface area contributed by atoms with E-state index >= 15 is 0 Å². The molecule has 2 aliphatic carbocycles. The predicted molar refractivity (Wildman–Crippen MR) is 196 cm³/mol. The van der Waals surface area contributed by atoms with E-state index in [2.05, 4.69) is 21.6 Å². The van der Waals surface area contributed by atoms with Crippen LogP contribution < -0.4 is 4.90 Å². The summed E-state index contributed by atoms with van der Waals surface area (Å²) in [6.45, 7) is 13.4. The van der Waals surface area contributed by atoms with Crippen molar-refractivity contribution in [3.8, 4) is 11.1 Å². The molecule has 2 aromatic carbocycles. The number of hydrogen-bond acceptors (Lipinski definition) is 8. The maximum absolute atomic E-state index is 14.0. The van der Waals surface area contributed by atoms with Crippen LogP contribution in [0.3, 0.4) is 0 Å². The highest BCUT2D eigenvalue weighted by molar-refractivity contribution is 7.90. The molecule has 2 aliphatic heterocycles. The van der Waals surface area contributed by atoms with E-state index in [0.717, 1.165) is 64.4 Å². The number of likely N-dealkylation sites (tertiary alicyclic amines) is 1. The molecule has 4 aromatic rings. The number of piperidine rings is 1. The van der Waals surface area contributed by atoms with Gasteiger partial charge in [0.25, 0.3) is 10.0 Å². The van der Waals surface area contributed by atoms with Crippen LogP contribution in [0.5, 0.6) is 0 Å². The van der Waals surface area contributed by atoms with Crippen LogP contribution in [-0.2, 0) is 19.6 Å². The van der Waals surface area contributed by atoms with Gasteiger partial charge < -0.3 is 14.5 Å². The van der Waals surface area contributed by atoms with Crippen molar-refractivity contribution in [2.45, 2.75) is 109 Å². The number of amides is 1. The second kappa shape index (κ2) is 11.6. The number of ketones is 1. The van der Waals surface area contributed by atoms with Crippen molar-refractivity contribution in [2.75, 3.05) is 24.5 Å². The number of rotatable bonds is 5. The summed E-state index contributed by atoms with van der Waals surface area (Å²) in [6.07, 6.45) is 6.91. The number of fused-ring (bicyclic) bond motifs is 1. The maximum Gasteiger partial charge on any atom is 0.410 e. The Kier molecular flexibility index (Phi) is 7.75. The lowest BCUT2D eigenvalue weighted by Gasteiger charge is -2.58. The first-order valence-electron chi connectivity index (χ1n) is 17.9. The molecule has 13 heteroatoms. The van der Waals surface area contributed by atoms with Crippen LogP contribution in [0.2, 0.25) is 5.02 Å². The Bertz CT molecular complexity index is 2200. The third kappa shape index (κ3) is 5.46. The average Bonchev–Trinajstić information content (AvgIpc) is 3.56. The molecule has 51 heavy (non-hydrogen) atoms. The number of carbonyl (C=O) groups is 2. The summed E-state index contributed by atoms with van der Waals surface area (Å²) in [5.41, 5.74) is 3.83. The highest BCUT2D eigenvalue weighted by Gasteiger charge is 2.56. The fraction of sp³-hybridized carbons (Fsp3) is 0.526. The number of ether oxygens (including phenoxy) is 1. The summed E-state index contributed by atoms with van der Waals surface area (Å²) in [5, 5.41) is 11.0. The highest BCUT2D eigenvalue weighted by atomic mass is 35.5. The van der Waals surface area contributed by atoms with E-state index in [1.165, 1.54) is 0 Å². The van der Waals surface area contributed by atoms with Crippen LogP contribution >= 0.6 is 11.6 Å². The number of aromatic nitrogens is 4. The Labute approximate surface area is 303 Å². The molecule has 0 N–H and O–H groups in total. The lowest BCUT2D eigenvalue weighted by atomic mass is 9.61. The van der Waals surface area contributed by atoms with Gasteiger partial charge in [0.15, 0.2) is 5.82 Å². The molecule has 0 radical (unpaired) electrons. The predicted octanol–water partition coefficient (Wildman–Crippen LogP) is 7.38. The number of benzene rings is 2. The Balaban J connectivity index is 1.22. The van der Waals surface area contributed by atoms with Gasteiger partial charge in [0.2, 0.25) is 0 Å². The number of aryl methyl sites for hydroxylation is 2. The van der Waals surface area contributed by atoms with E-state index in [-0.39, 0.29) is 33.8 Å². The molecule has 8 rings (SSSR count). The molecule has 2 aromatic heterocycles. The fourth-order valence-corrected chi connectivity index (χ4v) is 10.3. The average molecular weight is 733 g/mol. The Hall–Kier alpha value is -3.90. The summed E-state index contributed by atoms with van der Waals surface area (Å²) < 4.78 is 36.7. The number of nitrogens with zero attached hydrogens (tertiary/aromatic N) is 6. The molecule has 4 fully saturated rings. The summed E-state index contributed by atoms with van der Waals surface area (Å²) in [7, 11) is -4.00. The van der Waals surface area contributed by atoms with Gasteiger partial charge in [-0.25, -0.2) is 4.79 Å². The largest absolute Gasteiger partial charge is 0.444 e. The molecular weight excluding hydrogens is 688 g/mol. The van der Waals surface area contributed by atoms with Gasteiger partial charge in [-0.2, -0.15) is 22.7 Å². The Morgan fingerprint density at radius 1 is 1.04 bits per heavy atom. The molecule has 0 bridgehead atoms. The van der Waals surface area contributed by atoms with Gasteiger partial charge in [0, 0.05) is 65.6 Å². The molecular formula is C38H45ClN6O5S. The topological polar surface area (TPSA) is 120 Å². The van der Waals surface area contributed by atoms with Crippen LogP contribution in [0.1, 0.15) is 88.6 Å². The molecule has 270 valence electrons. The third-order valence-electron chi connectivity index (χ3n) is 11.5. The minimum Gasteiger partial charge on any atom is -0.444 e. The van der Waals surface area contributed by atoms with E-state index < -0.39 is 15.6 Å². The van der Waals surface area contributed by atoms with E-state index in [1.807, 2.05) is 34.6 Å². The molecule has 11 nitrogen and oxygen atoms in total. The van der Waals surface area contributed by atoms with E-state index in [4.69, 9.17) is 21.4 Å². The van der Waals surface area contributed by atoms with Gasteiger partial charge in [-0.3, -0.25) is 9.48 Å². The van der Waals surface area contributed by atoms with Gasteiger partial charge >= 0.3 is 6.09 Å². The minimum atomic E-state index is -4.00. The first-order chi connectivity index (χ1) is 24.0. The van der Waals surface area contributed by atoms with Crippen LogP contribution in [0.4, 0.5) is 10.6 Å². The normalized spacial score (nSPS) is 20.1. The molecule has 4 aliphatic rings. The van der Waals surface area contributed by atoms with Crippen LogP contribution in [0, 0.1) is 26.2 Å². The number of hydrogen-bond donors (Lipinski definition) is 0. The van der Waals surface area contributed by atoms with Crippen molar-refractivity contribution in [1.29, 1.82) is 0 Å². The SMILES string of the molecule is Cc1ccc(S(=O)(=O)n2ncc3c(-c4c(N5CCC(=O)CC56CCC6)nn(C5CC6(C5)CN(C(=O)OC(C)(C)C)C6)c4C)c(Cl)c(C)cc32)cc1. The lowest BCUT2D eigenvalue weighted by molar-refractivity contribution is -0.122. The summed E-state index contributed by atoms with van der Waals surface area (Å²) in [4.78, 5) is 29.8. The van der Waals surface area contributed by atoms with Crippen LogP contribution in [0.25, 0.3) is 22.0 Å². The number of halogens is 1. The Morgan fingerprint density at radius 2 is 1.73 bits per heavy atom. The van der Waals surface area contributed by atoms with Gasteiger partial charge in [0.1, 0.15) is 11.4 Å². The van der Waals surface area contributed by atoms with E-state index in [0.29, 0.717) is 54.0 Å². The second-order valence-corrected chi connectivity index (χ2v) is 18.6. The first kappa shape index (κ1) is 34.2. The molecule has 1 amide bonds. The number of anilines is 1. The molecule has 0 unspecified atom stereocenters. The van der Waals surface area contributed by atoms with Crippen molar-refractivity contribution in [2.24, 2.45) is 5.41 Å². The van der Waals surface area contributed by atoms with Gasteiger partial charge in [-0.15, -0.1) is 0 Å². The first-order valence-corrected chi connectivity index (χ1v) is 19.7. The smallest absolute Gasteiger partial charge is 0.410 e. The number of carbonyl (C=O) groups excluding carboxylic acids is 2. The Morgan fingerprint density at radius 3 is 2.35 bits per heavy atom. The van der Waals surface area contributed by atoms with E-state index in [9.17, 15) is 18.0 Å². The molecule has 2 spiro atoms. The minimum absolute atomic E-state index is 0.0345. The van der Waals surface area contributed by atoms with Crippen molar-refractivity contribution in [3.63, 3.8) is 0 Å². The quantitative estimate of drug-likeness (QED) is 0.209. The van der Waals surface area contributed by atoms with Crippen molar-refractivity contribution >= 4 is 50.2 Å². The summed E-state index contributed by atoms with van der Waals surface area (Å²) in [6, 6.07) is 8.66. The standard InChI is InChI=1S/C38H45ClN6O5S/c1-23-8-10-28(11-9-23)51(48,49)45-30-16-24(2)33(39)32(29(30)20-40-45)31-25(3)44(41-34(31)43-15-12-27(46)19-38(43)13-7-14-38)26-17-37(18-26)21-42(22-37)35(47)50-36(4,5)6/h8-11,16,20,26H,7,12-15,17-19,21-22H2,1-6H3. The molecule has 4 heterocycles. The fourth-order valence-electron chi connectivity index (χ4n) is 8.81. The second-order valence-electron chi connectivity index (χ2n) is 16.4. The summed E-state index contributed by atoms with van der Waals surface area (Å²) in [5.74, 6) is 1.07. The van der Waals surface area contributed by atoms with Crippen molar-refractivity contribution in [3.05, 3.63) is 58.4 Å². The zero-order valence-corrected chi connectivity index (χ0v) is 31.7. The summed E-state index contributed by atoms with van der Waals surface area (Å²) >= 11 is 7.25. The zero-order chi connectivity index (χ0) is 36.2.